The number of hydrogen-bond acceptors (Lipinski definition) is 4. The number of rotatable bonds is 5. The zero-order chi connectivity index (χ0) is 13.9. The molecule has 0 aliphatic heterocycles. The van der Waals surface area contributed by atoms with Gasteiger partial charge in [-0.25, -0.2) is 0 Å². The number of hydrogen-bond donors (Lipinski definition) is 2. The van der Waals surface area contributed by atoms with E-state index >= 15 is 0 Å². The Balaban J connectivity index is 2.14. The fourth-order valence-corrected chi connectivity index (χ4v) is 2.28. The average Bonchev–Trinajstić information content (AvgIpc) is 2.35. The van der Waals surface area contributed by atoms with Gasteiger partial charge in [0.25, 0.3) is 5.91 Å². The lowest BCUT2D eigenvalue weighted by Gasteiger charge is -2.41. The zero-order valence-corrected chi connectivity index (χ0v) is 10.7. The minimum Gasteiger partial charge on any atom is -0.494 e. The van der Waals surface area contributed by atoms with Crippen LogP contribution in [-0.2, 0) is 4.79 Å². The standard InChI is InChI=1S/C13H16N2O4/c1-19-10-8-14-6-3-9(10)12(18)15-13(4-2-5-13)7-11(16)17/h3,6,8H,2,4-5,7H2,1H3,(H,15,18)(H,16,17). The van der Waals surface area contributed by atoms with E-state index in [1.54, 1.807) is 6.07 Å². The minimum absolute atomic E-state index is 0.0495. The van der Waals surface area contributed by atoms with Crippen LogP contribution in [-0.4, -0.2) is 34.6 Å². The number of aliphatic carboxylic acids is 1. The second kappa shape index (κ2) is 5.26. The van der Waals surface area contributed by atoms with Crippen LogP contribution in [0.15, 0.2) is 18.5 Å². The number of pyridine rings is 1. The third-order valence-corrected chi connectivity index (χ3v) is 3.43. The van der Waals surface area contributed by atoms with Crippen molar-refractivity contribution in [3.63, 3.8) is 0 Å². The molecular weight excluding hydrogens is 248 g/mol. The first-order valence-corrected chi connectivity index (χ1v) is 6.09. The summed E-state index contributed by atoms with van der Waals surface area (Å²) in [5, 5.41) is 11.7. The number of nitrogens with zero attached hydrogens (tertiary/aromatic N) is 1. The quantitative estimate of drug-likeness (QED) is 0.834. The first-order valence-electron chi connectivity index (χ1n) is 6.09. The van der Waals surface area contributed by atoms with E-state index in [1.807, 2.05) is 0 Å². The molecule has 102 valence electrons. The Labute approximate surface area is 110 Å². The number of amides is 1. The Hall–Kier alpha value is -2.11. The fraction of sp³-hybridized carbons (Fsp3) is 0.462. The number of carboxylic acid groups (broad SMARTS) is 1. The monoisotopic (exact) mass is 264 g/mol. The Morgan fingerprint density at radius 1 is 1.53 bits per heavy atom. The van der Waals surface area contributed by atoms with Gasteiger partial charge in [0, 0.05) is 6.20 Å². The summed E-state index contributed by atoms with van der Waals surface area (Å²) < 4.78 is 5.07. The van der Waals surface area contributed by atoms with E-state index in [2.05, 4.69) is 10.3 Å². The highest BCUT2D eigenvalue weighted by atomic mass is 16.5. The average molecular weight is 264 g/mol. The molecule has 6 heteroatoms. The molecule has 1 fully saturated rings. The summed E-state index contributed by atoms with van der Waals surface area (Å²) >= 11 is 0. The molecule has 0 aromatic carbocycles. The molecule has 1 aliphatic carbocycles. The van der Waals surface area contributed by atoms with E-state index in [1.165, 1.54) is 19.5 Å². The van der Waals surface area contributed by atoms with Gasteiger partial charge in [-0.1, -0.05) is 0 Å². The predicted octanol–water partition coefficient (Wildman–Crippen LogP) is 1.22. The summed E-state index contributed by atoms with van der Waals surface area (Å²) in [4.78, 5) is 26.9. The van der Waals surface area contributed by atoms with Gasteiger partial charge in [0.2, 0.25) is 0 Å². The van der Waals surface area contributed by atoms with Crippen LogP contribution in [0, 0.1) is 0 Å². The SMILES string of the molecule is COc1cnccc1C(=O)NC1(CC(=O)O)CCC1. The molecule has 1 aromatic rings. The van der Waals surface area contributed by atoms with Gasteiger partial charge in [0.1, 0.15) is 5.75 Å². The molecule has 2 rings (SSSR count). The van der Waals surface area contributed by atoms with Crippen LogP contribution in [0.3, 0.4) is 0 Å². The van der Waals surface area contributed by atoms with Gasteiger partial charge >= 0.3 is 5.97 Å². The molecule has 2 N–H and O–H groups in total. The van der Waals surface area contributed by atoms with Crippen LogP contribution in [0.5, 0.6) is 5.75 Å². The highest BCUT2D eigenvalue weighted by Gasteiger charge is 2.40. The van der Waals surface area contributed by atoms with Crippen molar-refractivity contribution in [1.29, 1.82) is 0 Å². The lowest BCUT2D eigenvalue weighted by atomic mass is 9.74. The number of methoxy groups -OCH3 is 1. The molecule has 0 bridgehead atoms. The highest BCUT2D eigenvalue weighted by Crippen LogP contribution is 2.35. The lowest BCUT2D eigenvalue weighted by Crippen LogP contribution is -2.54. The van der Waals surface area contributed by atoms with Gasteiger partial charge in [-0.2, -0.15) is 0 Å². The second-order valence-corrected chi connectivity index (χ2v) is 4.73. The van der Waals surface area contributed by atoms with Crippen molar-refractivity contribution in [1.82, 2.24) is 10.3 Å². The number of carbonyl (C=O) groups excluding carboxylic acids is 1. The molecule has 0 unspecified atom stereocenters. The van der Waals surface area contributed by atoms with Gasteiger partial charge in [-0.3, -0.25) is 14.6 Å². The summed E-state index contributed by atoms with van der Waals surface area (Å²) in [5.41, 5.74) is -0.244. The number of nitrogens with one attached hydrogen (secondary N) is 1. The van der Waals surface area contributed by atoms with Crippen molar-refractivity contribution in [3.8, 4) is 5.75 Å². The van der Waals surface area contributed by atoms with Gasteiger partial charge < -0.3 is 15.2 Å². The summed E-state index contributed by atoms with van der Waals surface area (Å²) in [6.07, 6.45) is 5.23. The highest BCUT2D eigenvalue weighted by molar-refractivity contribution is 5.97. The van der Waals surface area contributed by atoms with E-state index in [9.17, 15) is 9.59 Å². The van der Waals surface area contributed by atoms with E-state index in [0.29, 0.717) is 24.2 Å². The zero-order valence-electron chi connectivity index (χ0n) is 10.7. The van der Waals surface area contributed by atoms with Crippen molar-refractivity contribution < 1.29 is 19.4 Å². The van der Waals surface area contributed by atoms with E-state index in [4.69, 9.17) is 9.84 Å². The molecule has 0 radical (unpaired) electrons. The number of ether oxygens (including phenoxy) is 1. The minimum atomic E-state index is -0.901. The van der Waals surface area contributed by atoms with Crippen LogP contribution in [0.1, 0.15) is 36.0 Å². The summed E-state index contributed by atoms with van der Waals surface area (Å²) in [7, 11) is 1.46. The van der Waals surface area contributed by atoms with E-state index in [-0.39, 0.29) is 12.3 Å². The molecule has 0 atom stereocenters. The molecule has 1 saturated carbocycles. The normalized spacial score (nSPS) is 16.3. The van der Waals surface area contributed by atoms with Crippen molar-refractivity contribution in [3.05, 3.63) is 24.0 Å². The van der Waals surface area contributed by atoms with Crippen LogP contribution < -0.4 is 10.1 Å². The Morgan fingerprint density at radius 2 is 2.26 bits per heavy atom. The number of carboxylic acids is 1. The molecule has 6 nitrogen and oxygen atoms in total. The number of aromatic nitrogens is 1. The first kappa shape index (κ1) is 13.3. The van der Waals surface area contributed by atoms with Gasteiger partial charge in [0.05, 0.1) is 30.8 Å². The topological polar surface area (TPSA) is 88.5 Å². The van der Waals surface area contributed by atoms with Crippen molar-refractivity contribution in [2.45, 2.75) is 31.2 Å². The van der Waals surface area contributed by atoms with E-state index in [0.717, 1.165) is 6.42 Å². The van der Waals surface area contributed by atoms with Gasteiger partial charge in [-0.05, 0) is 25.3 Å². The Morgan fingerprint density at radius 3 is 2.79 bits per heavy atom. The number of carbonyl (C=O) groups is 2. The van der Waals surface area contributed by atoms with Gasteiger partial charge in [-0.15, -0.1) is 0 Å². The molecule has 0 saturated heterocycles. The molecule has 1 amide bonds. The maximum Gasteiger partial charge on any atom is 0.305 e. The summed E-state index contributed by atoms with van der Waals surface area (Å²) in [5.74, 6) is -0.841. The molecular formula is C13H16N2O4. The molecule has 1 aromatic heterocycles. The second-order valence-electron chi connectivity index (χ2n) is 4.73. The van der Waals surface area contributed by atoms with Crippen LogP contribution in [0.25, 0.3) is 0 Å². The summed E-state index contributed by atoms with van der Waals surface area (Å²) in [6, 6.07) is 1.56. The smallest absolute Gasteiger partial charge is 0.305 e. The van der Waals surface area contributed by atoms with Crippen molar-refractivity contribution >= 4 is 11.9 Å². The third kappa shape index (κ3) is 2.83. The third-order valence-electron chi connectivity index (χ3n) is 3.43. The molecule has 0 spiro atoms. The van der Waals surface area contributed by atoms with Crippen LogP contribution in [0.4, 0.5) is 0 Å². The van der Waals surface area contributed by atoms with Gasteiger partial charge in [0.15, 0.2) is 0 Å². The van der Waals surface area contributed by atoms with Crippen molar-refractivity contribution in [2.24, 2.45) is 0 Å². The van der Waals surface area contributed by atoms with Crippen LogP contribution in [0.2, 0.25) is 0 Å². The lowest BCUT2D eigenvalue weighted by molar-refractivity contribution is -0.139. The molecule has 1 heterocycles. The largest absolute Gasteiger partial charge is 0.494 e. The van der Waals surface area contributed by atoms with E-state index < -0.39 is 11.5 Å². The fourth-order valence-electron chi connectivity index (χ4n) is 2.28. The first-order chi connectivity index (χ1) is 9.06. The predicted molar refractivity (Wildman–Crippen MR) is 67.1 cm³/mol. The summed E-state index contributed by atoms with van der Waals surface area (Å²) in [6.45, 7) is 0. The Kier molecular flexibility index (Phi) is 3.69. The molecule has 1 aliphatic rings. The molecule has 19 heavy (non-hydrogen) atoms. The maximum atomic E-state index is 12.2. The van der Waals surface area contributed by atoms with Crippen molar-refractivity contribution in [2.75, 3.05) is 7.11 Å². The maximum absolute atomic E-state index is 12.2. The van der Waals surface area contributed by atoms with Crippen LogP contribution >= 0.6 is 0 Å². The Bertz CT molecular complexity index is 497.